The minimum atomic E-state index is -4.54. The van der Waals surface area contributed by atoms with E-state index in [9.17, 15) is 18.0 Å². The van der Waals surface area contributed by atoms with Gasteiger partial charge in [0, 0.05) is 36.8 Å². The van der Waals surface area contributed by atoms with Crippen LogP contribution in [0.5, 0.6) is 0 Å². The molecule has 0 radical (unpaired) electrons. The molecule has 6 nitrogen and oxygen atoms in total. The van der Waals surface area contributed by atoms with Crippen molar-refractivity contribution in [3.05, 3.63) is 70.8 Å². The third-order valence-electron chi connectivity index (χ3n) is 5.74. The summed E-state index contributed by atoms with van der Waals surface area (Å²) in [6, 6.07) is 14.3. The summed E-state index contributed by atoms with van der Waals surface area (Å²) in [4.78, 5) is 21.2. The molecule has 5 rings (SSSR count). The zero-order valence-corrected chi connectivity index (χ0v) is 18.9. The molecule has 1 aliphatic rings. The van der Waals surface area contributed by atoms with Gasteiger partial charge in [-0.05, 0) is 42.5 Å². The molecule has 0 unspecified atom stereocenters. The lowest BCUT2D eigenvalue weighted by Crippen LogP contribution is -2.50. The number of urea groups is 1. The van der Waals surface area contributed by atoms with E-state index in [1.165, 1.54) is 23.1 Å². The number of alkyl halides is 3. The van der Waals surface area contributed by atoms with Crippen LogP contribution in [0.25, 0.3) is 16.6 Å². The summed E-state index contributed by atoms with van der Waals surface area (Å²) in [6.45, 7) is 1.76. The normalized spacial score (nSPS) is 14.8. The first-order valence-electron chi connectivity index (χ1n) is 10.3. The Morgan fingerprint density at radius 2 is 1.73 bits per heavy atom. The molecule has 0 aliphatic carbocycles. The Kier molecular flexibility index (Phi) is 5.40. The SMILES string of the molecule is O=C(Nc1ccccc1C(F)(F)F)N1CCN(c2nc3cc(Br)ccc3n3cccc23)CC1. The summed E-state index contributed by atoms with van der Waals surface area (Å²) in [6.07, 6.45) is -2.56. The molecular formula is C23H19BrF3N5O. The molecule has 1 saturated heterocycles. The zero-order chi connectivity index (χ0) is 23.2. The molecule has 2 aromatic carbocycles. The third-order valence-corrected chi connectivity index (χ3v) is 6.23. The maximum atomic E-state index is 13.2. The first-order valence-corrected chi connectivity index (χ1v) is 11.1. The molecule has 10 heteroatoms. The van der Waals surface area contributed by atoms with Crippen molar-refractivity contribution >= 4 is 50.0 Å². The monoisotopic (exact) mass is 517 g/mol. The number of fused-ring (bicyclic) bond motifs is 3. The summed E-state index contributed by atoms with van der Waals surface area (Å²) in [7, 11) is 0. The number of para-hydroxylation sites is 1. The Hall–Kier alpha value is -3.27. The van der Waals surface area contributed by atoms with Crippen molar-refractivity contribution < 1.29 is 18.0 Å². The molecule has 2 amide bonds. The van der Waals surface area contributed by atoms with Crippen LogP contribution < -0.4 is 10.2 Å². The molecule has 2 aromatic heterocycles. The summed E-state index contributed by atoms with van der Waals surface area (Å²) < 4.78 is 42.7. The molecule has 0 saturated carbocycles. The smallest absolute Gasteiger partial charge is 0.351 e. The number of carbonyl (C=O) groups is 1. The second-order valence-electron chi connectivity index (χ2n) is 7.78. The number of rotatable bonds is 2. The van der Waals surface area contributed by atoms with E-state index < -0.39 is 17.8 Å². The van der Waals surface area contributed by atoms with Crippen LogP contribution in [0.2, 0.25) is 0 Å². The van der Waals surface area contributed by atoms with Crippen molar-refractivity contribution in [1.29, 1.82) is 0 Å². The van der Waals surface area contributed by atoms with Crippen LogP contribution >= 0.6 is 15.9 Å². The third kappa shape index (κ3) is 4.10. The number of nitrogens with zero attached hydrogens (tertiary/aromatic N) is 4. The van der Waals surface area contributed by atoms with Crippen LogP contribution in [0.4, 0.5) is 29.5 Å². The summed E-state index contributed by atoms with van der Waals surface area (Å²) >= 11 is 3.49. The Labute approximate surface area is 195 Å². The first-order chi connectivity index (χ1) is 15.8. The Balaban J connectivity index is 1.34. The van der Waals surface area contributed by atoms with Crippen molar-refractivity contribution in [1.82, 2.24) is 14.3 Å². The molecule has 170 valence electrons. The van der Waals surface area contributed by atoms with E-state index in [0.717, 1.165) is 32.9 Å². The largest absolute Gasteiger partial charge is 0.418 e. The molecule has 0 atom stereocenters. The van der Waals surface area contributed by atoms with Crippen molar-refractivity contribution in [2.45, 2.75) is 6.18 Å². The first kappa shape index (κ1) is 21.6. The van der Waals surface area contributed by atoms with Gasteiger partial charge in [-0.3, -0.25) is 0 Å². The molecule has 1 N–H and O–H groups in total. The second-order valence-corrected chi connectivity index (χ2v) is 8.70. The number of hydrogen-bond donors (Lipinski definition) is 1. The van der Waals surface area contributed by atoms with Gasteiger partial charge in [-0.15, -0.1) is 0 Å². The van der Waals surface area contributed by atoms with Gasteiger partial charge in [-0.2, -0.15) is 13.2 Å². The van der Waals surface area contributed by atoms with E-state index >= 15 is 0 Å². The van der Waals surface area contributed by atoms with E-state index in [1.807, 2.05) is 36.5 Å². The number of anilines is 2. The van der Waals surface area contributed by atoms with E-state index in [4.69, 9.17) is 4.98 Å². The van der Waals surface area contributed by atoms with E-state index in [-0.39, 0.29) is 5.69 Å². The number of nitrogens with one attached hydrogen (secondary N) is 1. The zero-order valence-electron chi connectivity index (χ0n) is 17.3. The molecule has 33 heavy (non-hydrogen) atoms. The number of benzene rings is 2. The van der Waals surface area contributed by atoms with E-state index in [0.29, 0.717) is 26.2 Å². The summed E-state index contributed by atoms with van der Waals surface area (Å²) in [5, 5.41) is 2.42. The Morgan fingerprint density at radius 1 is 0.970 bits per heavy atom. The minimum Gasteiger partial charge on any atom is -0.351 e. The lowest BCUT2D eigenvalue weighted by atomic mass is 10.1. The maximum Gasteiger partial charge on any atom is 0.418 e. The number of halogens is 4. The van der Waals surface area contributed by atoms with Crippen molar-refractivity contribution in [3.8, 4) is 0 Å². The Bertz CT molecular complexity index is 1350. The topological polar surface area (TPSA) is 52.9 Å². The van der Waals surface area contributed by atoms with Gasteiger partial charge in [-0.1, -0.05) is 28.1 Å². The van der Waals surface area contributed by atoms with Gasteiger partial charge in [0.05, 0.1) is 27.8 Å². The highest BCUT2D eigenvalue weighted by atomic mass is 79.9. The molecular weight excluding hydrogens is 499 g/mol. The van der Waals surface area contributed by atoms with Crippen molar-refractivity contribution in [3.63, 3.8) is 0 Å². The van der Waals surface area contributed by atoms with Crippen molar-refractivity contribution in [2.24, 2.45) is 0 Å². The Morgan fingerprint density at radius 3 is 2.48 bits per heavy atom. The second kappa shape index (κ2) is 8.26. The fourth-order valence-corrected chi connectivity index (χ4v) is 4.47. The molecule has 4 aromatic rings. The van der Waals surface area contributed by atoms with Gasteiger partial charge in [0.1, 0.15) is 0 Å². The maximum absolute atomic E-state index is 13.2. The number of amides is 2. The number of aromatic nitrogens is 2. The molecule has 3 heterocycles. The number of piperazine rings is 1. The number of carbonyl (C=O) groups excluding carboxylic acids is 1. The van der Waals surface area contributed by atoms with Crippen LogP contribution in [-0.2, 0) is 6.18 Å². The molecule has 0 bridgehead atoms. The van der Waals surface area contributed by atoms with Crippen LogP contribution in [0, 0.1) is 0 Å². The van der Waals surface area contributed by atoms with Gasteiger partial charge in [0.15, 0.2) is 5.82 Å². The van der Waals surface area contributed by atoms with Gasteiger partial charge in [0.25, 0.3) is 0 Å². The lowest BCUT2D eigenvalue weighted by molar-refractivity contribution is -0.136. The van der Waals surface area contributed by atoms with Gasteiger partial charge in [0.2, 0.25) is 0 Å². The van der Waals surface area contributed by atoms with Crippen LogP contribution in [-0.4, -0.2) is 46.5 Å². The standard InChI is InChI=1S/C23H19BrF3N5O/c24-15-7-8-19-18(14-15)28-21(20-6-3-9-32(19)20)30-10-12-31(13-11-30)22(33)29-17-5-2-1-4-16(17)23(25,26)27/h1-9,14H,10-13H2,(H,29,33). The van der Waals surface area contributed by atoms with Crippen LogP contribution in [0.15, 0.2) is 65.3 Å². The fraction of sp³-hybridized carbons (Fsp3) is 0.217. The fourth-order valence-electron chi connectivity index (χ4n) is 4.12. The highest BCUT2D eigenvalue weighted by Gasteiger charge is 2.34. The lowest BCUT2D eigenvalue weighted by Gasteiger charge is -2.36. The quantitative estimate of drug-likeness (QED) is 0.375. The summed E-state index contributed by atoms with van der Waals surface area (Å²) in [5.41, 5.74) is 1.69. The minimum absolute atomic E-state index is 0.242. The highest BCUT2D eigenvalue weighted by Crippen LogP contribution is 2.35. The van der Waals surface area contributed by atoms with Gasteiger partial charge in [-0.25, -0.2) is 9.78 Å². The molecule has 1 fully saturated rings. The van der Waals surface area contributed by atoms with Gasteiger partial charge >= 0.3 is 12.2 Å². The van der Waals surface area contributed by atoms with Gasteiger partial charge < -0.3 is 19.5 Å². The predicted molar refractivity (Wildman–Crippen MR) is 125 cm³/mol. The van der Waals surface area contributed by atoms with E-state index in [1.54, 1.807) is 0 Å². The highest BCUT2D eigenvalue weighted by molar-refractivity contribution is 9.10. The van der Waals surface area contributed by atoms with Crippen LogP contribution in [0.3, 0.4) is 0 Å². The molecule has 0 spiro atoms. The van der Waals surface area contributed by atoms with E-state index in [2.05, 4.69) is 30.5 Å². The average Bonchev–Trinajstić information content (AvgIpc) is 3.28. The van der Waals surface area contributed by atoms with Crippen LogP contribution in [0.1, 0.15) is 5.56 Å². The number of hydrogen-bond acceptors (Lipinski definition) is 3. The summed E-state index contributed by atoms with van der Waals surface area (Å²) in [5.74, 6) is 0.813. The average molecular weight is 518 g/mol. The molecule has 1 aliphatic heterocycles. The predicted octanol–water partition coefficient (Wildman–Crippen LogP) is 5.62. The van der Waals surface area contributed by atoms with Crippen molar-refractivity contribution in [2.75, 3.05) is 36.4 Å².